The van der Waals surface area contributed by atoms with Gasteiger partial charge < -0.3 is 14.8 Å². The van der Waals surface area contributed by atoms with Crippen LogP contribution in [0.5, 0.6) is 5.75 Å². The topological polar surface area (TPSA) is 51.2 Å². The highest BCUT2D eigenvalue weighted by atomic mass is 79.9. The van der Waals surface area contributed by atoms with Crippen LogP contribution >= 0.6 is 27.5 Å². The number of carbonyl (C=O) groups is 1. The molecule has 2 atom stereocenters. The van der Waals surface area contributed by atoms with E-state index in [4.69, 9.17) is 16.3 Å². The van der Waals surface area contributed by atoms with E-state index in [0.717, 1.165) is 17.2 Å². The minimum Gasteiger partial charge on any atom is -0.486 e. The molecule has 104 valence electrons. The fourth-order valence-corrected chi connectivity index (χ4v) is 2.87. The van der Waals surface area contributed by atoms with Crippen LogP contribution in [0, 0.1) is 0 Å². The molecule has 0 unspecified atom stereocenters. The lowest BCUT2D eigenvalue weighted by atomic mass is 10.2. The summed E-state index contributed by atoms with van der Waals surface area (Å²) in [4.78, 5) is 15.2. The van der Waals surface area contributed by atoms with Gasteiger partial charge in [-0.15, -0.1) is 0 Å². The van der Waals surface area contributed by atoms with Gasteiger partial charge in [0.25, 0.3) is 0 Å². The first-order valence-corrected chi connectivity index (χ1v) is 7.44. The molecule has 1 N–H and O–H groups in total. The van der Waals surface area contributed by atoms with Crippen molar-refractivity contribution >= 4 is 44.7 Å². The van der Waals surface area contributed by atoms with Crippen LogP contribution in [-0.2, 0) is 4.79 Å². The van der Waals surface area contributed by atoms with Crippen LogP contribution in [0.2, 0.25) is 5.02 Å². The maximum Gasteiger partial charge on any atom is 0.153 e. The molecule has 1 aromatic heterocycles. The number of hydrogen-bond donors (Lipinski definition) is 1. The molecule has 2 aromatic rings. The highest BCUT2D eigenvalue weighted by Crippen LogP contribution is 2.30. The zero-order valence-corrected chi connectivity index (χ0v) is 12.8. The molecular formula is C14H12BrClN2O2. The number of halogens is 2. The van der Waals surface area contributed by atoms with Gasteiger partial charge in [0.05, 0.1) is 11.6 Å². The number of aromatic nitrogens is 1. The zero-order valence-electron chi connectivity index (χ0n) is 10.5. The zero-order chi connectivity index (χ0) is 14.1. The van der Waals surface area contributed by atoms with Crippen molar-refractivity contribution in [2.45, 2.75) is 18.6 Å². The van der Waals surface area contributed by atoms with Gasteiger partial charge >= 0.3 is 0 Å². The summed E-state index contributed by atoms with van der Waals surface area (Å²) in [7, 11) is 0. The third-order valence-corrected chi connectivity index (χ3v) is 4.08. The van der Waals surface area contributed by atoms with E-state index < -0.39 is 0 Å². The second kappa shape index (κ2) is 5.68. The molecule has 1 aliphatic rings. The van der Waals surface area contributed by atoms with Gasteiger partial charge in [0.15, 0.2) is 5.75 Å². The Kier molecular flexibility index (Phi) is 3.92. The summed E-state index contributed by atoms with van der Waals surface area (Å²) in [6, 6.07) is 7.31. The van der Waals surface area contributed by atoms with E-state index in [-0.39, 0.29) is 12.1 Å². The van der Waals surface area contributed by atoms with Crippen LogP contribution in [0.1, 0.15) is 6.42 Å². The molecule has 3 rings (SSSR count). The van der Waals surface area contributed by atoms with Gasteiger partial charge in [-0.2, -0.15) is 0 Å². The van der Waals surface area contributed by atoms with E-state index in [0.29, 0.717) is 28.3 Å². The number of nitrogens with one attached hydrogen (secondary N) is 1. The first-order chi connectivity index (χ1) is 9.65. The lowest BCUT2D eigenvalue weighted by molar-refractivity contribution is -0.109. The Hall–Kier alpha value is -1.17. The number of rotatable bonds is 3. The largest absolute Gasteiger partial charge is 0.486 e. The number of carbonyl (C=O) groups excluding carboxylic acids is 1. The van der Waals surface area contributed by atoms with Crippen molar-refractivity contribution in [3.63, 3.8) is 0 Å². The molecule has 4 nitrogen and oxygen atoms in total. The molecule has 0 bridgehead atoms. The van der Waals surface area contributed by atoms with Crippen molar-refractivity contribution in [3.8, 4) is 5.75 Å². The molecule has 0 spiro atoms. The van der Waals surface area contributed by atoms with Gasteiger partial charge in [-0.05, 0) is 40.2 Å². The fraction of sp³-hybridized carbons (Fsp3) is 0.286. The van der Waals surface area contributed by atoms with Gasteiger partial charge in [-0.25, -0.2) is 4.98 Å². The Morgan fingerprint density at radius 1 is 1.45 bits per heavy atom. The monoisotopic (exact) mass is 354 g/mol. The highest BCUT2D eigenvalue weighted by molar-refractivity contribution is 9.10. The summed E-state index contributed by atoms with van der Waals surface area (Å²) < 4.78 is 6.57. The Bertz CT molecular complexity index is 665. The maximum absolute atomic E-state index is 10.7. The van der Waals surface area contributed by atoms with Crippen molar-refractivity contribution in [3.05, 3.63) is 33.9 Å². The molecule has 1 aliphatic heterocycles. The molecule has 0 radical (unpaired) electrons. The number of aldehydes is 1. The molecule has 2 heterocycles. The van der Waals surface area contributed by atoms with Crippen molar-refractivity contribution in [1.29, 1.82) is 0 Å². The SMILES string of the molecule is O=C[C@@H]1C[C@@H](Oc2cc3cc(Cl)ccc3nc2Br)CN1. The predicted molar refractivity (Wildman–Crippen MR) is 81.3 cm³/mol. The van der Waals surface area contributed by atoms with E-state index in [1.54, 1.807) is 6.07 Å². The molecule has 1 aromatic carbocycles. The van der Waals surface area contributed by atoms with Crippen molar-refractivity contribution in [2.24, 2.45) is 0 Å². The first kappa shape index (κ1) is 13.8. The van der Waals surface area contributed by atoms with E-state index in [1.165, 1.54) is 0 Å². The fourth-order valence-electron chi connectivity index (χ4n) is 2.29. The van der Waals surface area contributed by atoms with E-state index >= 15 is 0 Å². The number of ether oxygens (including phenoxy) is 1. The lowest BCUT2D eigenvalue weighted by Crippen LogP contribution is -2.23. The van der Waals surface area contributed by atoms with Crippen molar-refractivity contribution < 1.29 is 9.53 Å². The van der Waals surface area contributed by atoms with Crippen LogP contribution < -0.4 is 10.1 Å². The Balaban J connectivity index is 1.87. The lowest BCUT2D eigenvalue weighted by Gasteiger charge is -2.14. The normalized spacial score (nSPS) is 22.1. The van der Waals surface area contributed by atoms with Crippen LogP contribution in [-0.4, -0.2) is 30.0 Å². The van der Waals surface area contributed by atoms with Crippen LogP contribution in [0.15, 0.2) is 28.9 Å². The smallest absolute Gasteiger partial charge is 0.153 e. The number of benzene rings is 1. The average Bonchev–Trinajstić information content (AvgIpc) is 2.88. The Morgan fingerprint density at radius 2 is 2.30 bits per heavy atom. The minimum absolute atomic E-state index is 0.0278. The minimum atomic E-state index is -0.123. The molecule has 0 amide bonds. The quantitative estimate of drug-likeness (QED) is 0.679. The van der Waals surface area contributed by atoms with Crippen LogP contribution in [0.3, 0.4) is 0 Å². The van der Waals surface area contributed by atoms with Crippen LogP contribution in [0.4, 0.5) is 0 Å². The molecular weight excluding hydrogens is 344 g/mol. The summed E-state index contributed by atoms with van der Waals surface area (Å²) in [5.41, 5.74) is 0.851. The van der Waals surface area contributed by atoms with Crippen molar-refractivity contribution in [2.75, 3.05) is 6.54 Å². The standard InChI is InChI=1S/C14H12BrClN2O2/c15-14-13(20-11-5-10(7-19)17-6-11)4-8-3-9(16)1-2-12(8)18-14/h1-4,7,10-11,17H,5-6H2/t10-,11+/m0/s1. The number of hydrogen-bond acceptors (Lipinski definition) is 4. The maximum atomic E-state index is 10.7. The third kappa shape index (κ3) is 2.80. The predicted octanol–water partition coefficient (Wildman–Crippen LogP) is 2.96. The first-order valence-electron chi connectivity index (χ1n) is 6.27. The van der Waals surface area contributed by atoms with Gasteiger partial charge in [0.1, 0.15) is 17.0 Å². The van der Waals surface area contributed by atoms with Gasteiger partial charge in [0.2, 0.25) is 0 Å². The summed E-state index contributed by atoms with van der Waals surface area (Å²) in [6.07, 6.45) is 1.56. The Morgan fingerprint density at radius 3 is 3.05 bits per heavy atom. The molecule has 1 saturated heterocycles. The molecule has 1 fully saturated rings. The summed E-state index contributed by atoms with van der Waals surface area (Å²) >= 11 is 9.41. The summed E-state index contributed by atoms with van der Waals surface area (Å²) in [5.74, 6) is 0.665. The third-order valence-electron chi connectivity index (χ3n) is 3.28. The van der Waals surface area contributed by atoms with Gasteiger partial charge in [-0.1, -0.05) is 11.6 Å². The Labute approximate surface area is 129 Å². The second-order valence-electron chi connectivity index (χ2n) is 4.74. The van der Waals surface area contributed by atoms with E-state index in [9.17, 15) is 4.79 Å². The van der Waals surface area contributed by atoms with Gasteiger partial charge in [0, 0.05) is 23.4 Å². The summed E-state index contributed by atoms with van der Waals surface area (Å²) in [5, 5.41) is 4.68. The summed E-state index contributed by atoms with van der Waals surface area (Å²) in [6.45, 7) is 0.656. The number of nitrogens with zero attached hydrogens (tertiary/aromatic N) is 1. The molecule has 6 heteroatoms. The van der Waals surface area contributed by atoms with Gasteiger partial charge in [-0.3, -0.25) is 0 Å². The second-order valence-corrected chi connectivity index (χ2v) is 5.93. The number of pyridine rings is 1. The highest BCUT2D eigenvalue weighted by Gasteiger charge is 2.25. The molecule has 0 aliphatic carbocycles. The van der Waals surface area contributed by atoms with E-state index in [1.807, 2.05) is 18.2 Å². The number of fused-ring (bicyclic) bond motifs is 1. The van der Waals surface area contributed by atoms with E-state index in [2.05, 4.69) is 26.2 Å². The van der Waals surface area contributed by atoms with Crippen molar-refractivity contribution in [1.82, 2.24) is 10.3 Å². The molecule has 0 saturated carbocycles. The molecule has 20 heavy (non-hydrogen) atoms. The average molecular weight is 356 g/mol. The van der Waals surface area contributed by atoms with Crippen LogP contribution in [0.25, 0.3) is 10.9 Å².